The van der Waals surface area contributed by atoms with E-state index in [1.54, 1.807) is 11.0 Å². The largest absolute Gasteiger partial charge is 0.477 e. The standard InChI is InChI=1S/C15H20N2O2/c1-4-9-17(11(2)3)15(18)14-10-16-12-7-5-6-8-13(12)19-14/h4-8,11,14,16H,1,9-10H2,2-3H3. The fourth-order valence-electron chi connectivity index (χ4n) is 2.13. The first kappa shape index (κ1) is 13.5. The van der Waals surface area contributed by atoms with Gasteiger partial charge in [0.05, 0.1) is 12.2 Å². The summed E-state index contributed by atoms with van der Waals surface area (Å²) in [6, 6.07) is 7.79. The fraction of sp³-hybridized carbons (Fsp3) is 0.400. The lowest BCUT2D eigenvalue weighted by Gasteiger charge is -2.32. The van der Waals surface area contributed by atoms with Crippen molar-refractivity contribution in [3.63, 3.8) is 0 Å². The SMILES string of the molecule is C=CCN(C(=O)C1CNc2ccccc2O1)C(C)C. The Labute approximate surface area is 114 Å². The highest BCUT2D eigenvalue weighted by atomic mass is 16.5. The molecule has 19 heavy (non-hydrogen) atoms. The van der Waals surface area contributed by atoms with Gasteiger partial charge in [0.25, 0.3) is 5.91 Å². The fourth-order valence-corrected chi connectivity index (χ4v) is 2.13. The number of para-hydroxylation sites is 2. The minimum atomic E-state index is -0.475. The summed E-state index contributed by atoms with van der Waals surface area (Å²) in [5.41, 5.74) is 0.936. The van der Waals surface area contributed by atoms with E-state index in [-0.39, 0.29) is 11.9 Å². The van der Waals surface area contributed by atoms with Gasteiger partial charge in [0.15, 0.2) is 6.10 Å². The first-order valence-electron chi connectivity index (χ1n) is 6.54. The second-order valence-electron chi connectivity index (χ2n) is 4.86. The highest BCUT2D eigenvalue weighted by Gasteiger charge is 2.30. The molecule has 1 aromatic carbocycles. The quantitative estimate of drug-likeness (QED) is 0.844. The molecule has 4 nitrogen and oxygen atoms in total. The maximum absolute atomic E-state index is 12.5. The summed E-state index contributed by atoms with van der Waals surface area (Å²) in [4.78, 5) is 14.2. The van der Waals surface area contributed by atoms with E-state index in [0.717, 1.165) is 11.4 Å². The third-order valence-corrected chi connectivity index (χ3v) is 3.14. The Kier molecular flexibility index (Phi) is 4.10. The number of hydrogen-bond donors (Lipinski definition) is 1. The second kappa shape index (κ2) is 5.78. The first-order valence-corrected chi connectivity index (χ1v) is 6.54. The van der Waals surface area contributed by atoms with Crippen LogP contribution in [0.1, 0.15) is 13.8 Å². The lowest BCUT2D eigenvalue weighted by Crippen LogP contribution is -2.49. The van der Waals surface area contributed by atoms with Crippen LogP contribution >= 0.6 is 0 Å². The zero-order valence-corrected chi connectivity index (χ0v) is 11.4. The average Bonchev–Trinajstić information content (AvgIpc) is 2.43. The Morgan fingerprint density at radius 2 is 2.32 bits per heavy atom. The summed E-state index contributed by atoms with van der Waals surface area (Å²) in [5, 5.41) is 3.23. The molecule has 0 bridgehead atoms. The van der Waals surface area contributed by atoms with E-state index in [4.69, 9.17) is 4.74 Å². The molecule has 2 rings (SSSR count). The van der Waals surface area contributed by atoms with Gasteiger partial charge >= 0.3 is 0 Å². The van der Waals surface area contributed by atoms with E-state index >= 15 is 0 Å². The number of rotatable bonds is 4. The van der Waals surface area contributed by atoms with Crippen molar-refractivity contribution in [1.82, 2.24) is 4.90 Å². The molecule has 1 N–H and O–H groups in total. The van der Waals surface area contributed by atoms with Crippen LogP contribution in [0.4, 0.5) is 5.69 Å². The Balaban J connectivity index is 2.11. The maximum atomic E-state index is 12.5. The third kappa shape index (κ3) is 2.89. The topological polar surface area (TPSA) is 41.6 Å². The monoisotopic (exact) mass is 260 g/mol. The number of nitrogens with one attached hydrogen (secondary N) is 1. The van der Waals surface area contributed by atoms with Gasteiger partial charge in [-0.2, -0.15) is 0 Å². The van der Waals surface area contributed by atoms with Gasteiger partial charge in [0.2, 0.25) is 0 Å². The van der Waals surface area contributed by atoms with Crippen LogP contribution < -0.4 is 10.1 Å². The van der Waals surface area contributed by atoms with Gasteiger partial charge in [-0.1, -0.05) is 18.2 Å². The Bertz CT molecular complexity index is 471. The van der Waals surface area contributed by atoms with Crippen LogP contribution in [-0.4, -0.2) is 36.0 Å². The lowest BCUT2D eigenvalue weighted by atomic mass is 10.2. The number of anilines is 1. The molecule has 1 atom stereocenters. The minimum absolute atomic E-state index is 0.00287. The van der Waals surface area contributed by atoms with Gasteiger partial charge in [-0.3, -0.25) is 4.79 Å². The zero-order valence-electron chi connectivity index (χ0n) is 11.4. The molecule has 0 aliphatic carbocycles. The zero-order chi connectivity index (χ0) is 13.8. The highest BCUT2D eigenvalue weighted by Crippen LogP contribution is 2.28. The molecule has 1 amide bonds. The van der Waals surface area contributed by atoms with Crippen molar-refractivity contribution in [3.05, 3.63) is 36.9 Å². The minimum Gasteiger partial charge on any atom is -0.477 e. The van der Waals surface area contributed by atoms with E-state index in [1.165, 1.54) is 0 Å². The van der Waals surface area contributed by atoms with Gasteiger partial charge in [-0.25, -0.2) is 0 Å². The normalized spacial score (nSPS) is 17.1. The van der Waals surface area contributed by atoms with Crippen molar-refractivity contribution < 1.29 is 9.53 Å². The number of ether oxygens (including phenoxy) is 1. The predicted octanol–water partition coefficient (Wildman–Crippen LogP) is 2.28. The van der Waals surface area contributed by atoms with Crippen molar-refractivity contribution in [1.29, 1.82) is 0 Å². The van der Waals surface area contributed by atoms with Crippen molar-refractivity contribution >= 4 is 11.6 Å². The van der Waals surface area contributed by atoms with Crippen molar-refractivity contribution in [2.75, 3.05) is 18.4 Å². The van der Waals surface area contributed by atoms with Crippen LogP contribution in [0, 0.1) is 0 Å². The van der Waals surface area contributed by atoms with E-state index in [2.05, 4.69) is 11.9 Å². The molecule has 4 heteroatoms. The van der Waals surface area contributed by atoms with Crippen LogP contribution in [0.2, 0.25) is 0 Å². The summed E-state index contributed by atoms with van der Waals surface area (Å²) in [7, 11) is 0. The molecule has 1 aliphatic heterocycles. The highest BCUT2D eigenvalue weighted by molar-refractivity contribution is 5.83. The average molecular weight is 260 g/mol. The van der Waals surface area contributed by atoms with Gasteiger partial charge < -0.3 is 15.0 Å². The van der Waals surface area contributed by atoms with Crippen LogP contribution in [0.3, 0.4) is 0 Å². The van der Waals surface area contributed by atoms with E-state index in [1.807, 2.05) is 38.1 Å². The van der Waals surface area contributed by atoms with Crippen LogP contribution in [-0.2, 0) is 4.79 Å². The number of benzene rings is 1. The molecule has 0 radical (unpaired) electrons. The van der Waals surface area contributed by atoms with E-state index < -0.39 is 6.10 Å². The second-order valence-corrected chi connectivity index (χ2v) is 4.86. The number of nitrogens with zero attached hydrogens (tertiary/aromatic N) is 1. The molecule has 0 saturated heterocycles. The summed E-state index contributed by atoms with van der Waals surface area (Å²) < 4.78 is 5.78. The predicted molar refractivity (Wildman–Crippen MR) is 76.4 cm³/mol. The first-order chi connectivity index (χ1) is 9.13. The Hall–Kier alpha value is -1.97. The Morgan fingerprint density at radius 3 is 3.00 bits per heavy atom. The van der Waals surface area contributed by atoms with E-state index in [0.29, 0.717) is 13.1 Å². The molecule has 1 aromatic rings. The van der Waals surface area contributed by atoms with Crippen LogP contribution in [0.5, 0.6) is 5.75 Å². The molecular formula is C15H20N2O2. The smallest absolute Gasteiger partial charge is 0.266 e. The van der Waals surface area contributed by atoms with E-state index in [9.17, 15) is 4.79 Å². The lowest BCUT2D eigenvalue weighted by molar-refractivity contribution is -0.139. The van der Waals surface area contributed by atoms with Crippen molar-refractivity contribution in [2.24, 2.45) is 0 Å². The Morgan fingerprint density at radius 1 is 1.58 bits per heavy atom. The van der Waals surface area contributed by atoms with Crippen LogP contribution in [0.25, 0.3) is 0 Å². The third-order valence-electron chi connectivity index (χ3n) is 3.14. The number of carbonyl (C=O) groups is 1. The number of fused-ring (bicyclic) bond motifs is 1. The molecule has 0 spiro atoms. The summed E-state index contributed by atoms with van der Waals surface area (Å²) >= 11 is 0. The van der Waals surface area contributed by atoms with Crippen LogP contribution in [0.15, 0.2) is 36.9 Å². The summed E-state index contributed by atoms with van der Waals surface area (Å²) in [6.45, 7) is 8.72. The molecular weight excluding hydrogens is 240 g/mol. The molecule has 1 heterocycles. The number of amides is 1. The molecule has 0 saturated carbocycles. The maximum Gasteiger partial charge on any atom is 0.266 e. The molecule has 102 valence electrons. The van der Waals surface area contributed by atoms with Gasteiger partial charge in [-0.15, -0.1) is 6.58 Å². The van der Waals surface area contributed by atoms with Gasteiger partial charge in [0, 0.05) is 12.6 Å². The molecule has 1 aliphatic rings. The molecule has 0 aromatic heterocycles. The molecule has 1 unspecified atom stereocenters. The van der Waals surface area contributed by atoms with Gasteiger partial charge in [-0.05, 0) is 26.0 Å². The van der Waals surface area contributed by atoms with Crippen molar-refractivity contribution in [3.8, 4) is 5.75 Å². The molecule has 0 fully saturated rings. The van der Waals surface area contributed by atoms with Gasteiger partial charge in [0.1, 0.15) is 5.75 Å². The number of hydrogen-bond acceptors (Lipinski definition) is 3. The summed E-state index contributed by atoms with van der Waals surface area (Å²) in [5.74, 6) is 0.728. The summed E-state index contributed by atoms with van der Waals surface area (Å²) in [6.07, 6.45) is 1.26. The number of carbonyl (C=O) groups excluding carboxylic acids is 1. The van der Waals surface area contributed by atoms with Crippen molar-refractivity contribution in [2.45, 2.75) is 26.0 Å².